The normalized spacial score (nSPS) is 20.8. The van der Waals surface area contributed by atoms with Crippen LogP contribution in [0.1, 0.15) is 49.4 Å². The maximum Gasteiger partial charge on any atom is 0.254 e. The van der Waals surface area contributed by atoms with Gasteiger partial charge in [0, 0.05) is 25.1 Å². The van der Waals surface area contributed by atoms with Crippen LogP contribution in [-0.4, -0.2) is 24.4 Å². The summed E-state index contributed by atoms with van der Waals surface area (Å²) in [5.41, 5.74) is -0.229. The lowest BCUT2D eigenvalue weighted by Crippen LogP contribution is -2.42. The molecule has 4 nitrogen and oxygen atoms in total. The van der Waals surface area contributed by atoms with Crippen molar-refractivity contribution in [3.05, 3.63) is 35.4 Å². The second kappa shape index (κ2) is 8.04. The maximum atomic E-state index is 13.5. The number of hydrogen-bond acceptors (Lipinski definition) is 2. The molecule has 0 bridgehead atoms. The van der Waals surface area contributed by atoms with Gasteiger partial charge in [-0.15, -0.1) is 0 Å². The van der Waals surface area contributed by atoms with Crippen molar-refractivity contribution in [2.24, 2.45) is 5.92 Å². The molecular formula is C17H22F2N2O2. The van der Waals surface area contributed by atoms with Gasteiger partial charge in [-0.05, 0) is 30.9 Å². The van der Waals surface area contributed by atoms with Gasteiger partial charge in [0.2, 0.25) is 5.91 Å². The van der Waals surface area contributed by atoms with Crippen LogP contribution in [-0.2, 0) is 4.79 Å². The van der Waals surface area contributed by atoms with Crippen LogP contribution in [0.25, 0.3) is 0 Å². The van der Waals surface area contributed by atoms with Gasteiger partial charge in [-0.25, -0.2) is 8.78 Å². The summed E-state index contributed by atoms with van der Waals surface area (Å²) in [7, 11) is 0. The lowest BCUT2D eigenvalue weighted by molar-refractivity contribution is -0.122. The number of hydrogen-bond donors (Lipinski definition) is 2. The Labute approximate surface area is 134 Å². The predicted molar refractivity (Wildman–Crippen MR) is 82.9 cm³/mol. The Hall–Kier alpha value is -1.98. The molecule has 0 heterocycles. The van der Waals surface area contributed by atoms with E-state index in [2.05, 4.69) is 17.6 Å². The van der Waals surface area contributed by atoms with Crippen molar-refractivity contribution in [3.8, 4) is 0 Å². The van der Waals surface area contributed by atoms with E-state index in [1.54, 1.807) is 0 Å². The van der Waals surface area contributed by atoms with E-state index in [1.807, 2.05) is 0 Å². The third-order valence-corrected chi connectivity index (χ3v) is 4.27. The first-order chi connectivity index (χ1) is 11.0. The Morgan fingerprint density at radius 3 is 2.65 bits per heavy atom. The summed E-state index contributed by atoms with van der Waals surface area (Å²) in [6.07, 6.45) is 4.56. The predicted octanol–water partition coefficient (Wildman–Crippen LogP) is 2.78. The van der Waals surface area contributed by atoms with Gasteiger partial charge in [0.25, 0.3) is 5.91 Å². The number of carbonyl (C=O) groups is 2. The molecule has 1 aliphatic rings. The van der Waals surface area contributed by atoms with Gasteiger partial charge in [0.15, 0.2) is 0 Å². The van der Waals surface area contributed by atoms with Crippen molar-refractivity contribution in [2.45, 2.75) is 45.1 Å². The maximum absolute atomic E-state index is 13.5. The van der Waals surface area contributed by atoms with Crippen LogP contribution in [0.15, 0.2) is 18.2 Å². The molecule has 1 aromatic rings. The van der Waals surface area contributed by atoms with Crippen LogP contribution in [0.5, 0.6) is 0 Å². The molecule has 0 saturated heterocycles. The molecule has 2 atom stereocenters. The minimum absolute atomic E-state index is 0.114. The molecule has 2 unspecified atom stereocenters. The second-order valence-corrected chi connectivity index (χ2v) is 6.07. The van der Waals surface area contributed by atoms with Crippen LogP contribution in [0.2, 0.25) is 0 Å². The number of rotatable bonds is 5. The number of amides is 2. The average Bonchev–Trinajstić information content (AvgIpc) is 2.49. The Morgan fingerprint density at radius 2 is 1.96 bits per heavy atom. The van der Waals surface area contributed by atoms with E-state index in [-0.39, 0.29) is 30.5 Å². The first-order valence-corrected chi connectivity index (χ1v) is 8.00. The molecule has 0 radical (unpaired) electrons. The van der Waals surface area contributed by atoms with Crippen LogP contribution in [0.3, 0.4) is 0 Å². The van der Waals surface area contributed by atoms with E-state index in [4.69, 9.17) is 0 Å². The number of halogens is 2. The van der Waals surface area contributed by atoms with Gasteiger partial charge in [-0.2, -0.15) is 0 Å². The second-order valence-electron chi connectivity index (χ2n) is 6.07. The molecular weight excluding hydrogens is 302 g/mol. The summed E-state index contributed by atoms with van der Waals surface area (Å²) in [5, 5.41) is 5.46. The molecule has 23 heavy (non-hydrogen) atoms. The lowest BCUT2D eigenvalue weighted by Gasteiger charge is -2.29. The first-order valence-electron chi connectivity index (χ1n) is 8.00. The van der Waals surface area contributed by atoms with Crippen molar-refractivity contribution < 1.29 is 18.4 Å². The molecule has 0 aliphatic heterocycles. The minimum Gasteiger partial charge on any atom is -0.353 e. The third kappa shape index (κ3) is 5.01. The molecule has 6 heteroatoms. The number of benzene rings is 1. The van der Waals surface area contributed by atoms with Crippen molar-refractivity contribution >= 4 is 11.8 Å². The van der Waals surface area contributed by atoms with Gasteiger partial charge < -0.3 is 10.6 Å². The van der Waals surface area contributed by atoms with Crippen LogP contribution < -0.4 is 10.6 Å². The van der Waals surface area contributed by atoms with Crippen molar-refractivity contribution in [3.63, 3.8) is 0 Å². The fourth-order valence-electron chi connectivity index (χ4n) is 2.87. The summed E-state index contributed by atoms with van der Waals surface area (Å²) in [6.45, 7) is 2.24. The minimum atomic E-state index is -0.914. The van der Waals surface area contributed by atoms with Gasteiger partial charge in [0.05, 0.1) is 5.56 Å². The molecule has 1 saturated carbocycles. The monoisotopic (exact) mass is 324 g/mol. The molecule has 0 aromatic heterocycles. The summed E-state index contributed by atoms with van der Waals surface area (Å²) in [6, 6.07) is 2.96. The highest BCUT2D eigenvalue weighted by molar-refractivity contribution is 5.94. The number of carbonyl (C=O) groups excluding carboxylic acids is 2. The van der Waals surface area contributed by atoms with Crippen molar-refractivity contribution in [1.82, 2.24) is 10.6 Å². The lowest BCUT2D eigenvalue weighted by atomic mass is 9.86. The standard InChI is InChI=1S/C17H22F2N2O2/c1-11-4-2-3-5-15(11)21-16(22)8-9-20-17(23)13-7-6-12(18)10-14(13)19/h6-7,10-11,15H,2-5,8-9H2,1H3,(H,20,23)(H,21,22). The van der Waals surface area contributed by atoms with E-state index >= 15 is 0 Å². The summed E-state index contributed by atoms with van der Waals surface area (Å²) in [5.74, 6) is -1.96. The molecule has 2 amide bonds. The Bertz CT molecular complexity index is 578. The zero-order chi connectivity index (χ0) is 16.8. The fourth-order valence-corrected chi connectivity index (χ4v) is 2.87. The molecule has 2 rings (SSSR count). The fraction of sp³-hybridized carbons (Fsp3) is 0.529. The van der Waals surface area contributed by atoms with Gasteiger partial charge in [0.1, 0.15) is 11.6 Å². The highest BCUT2D eigenvalue weighted by Crippen LogP contribution is 2.23. The van der Waals surface area contributed by atoms with E-state index < -0.39 is 17.5 Å². The zero-order valence-electron chi connectivity index (χ0n) is 13.2. The van der Waals surface area contributed by atoms with Crippen molar-refractivity contribution in [1.29, 1.82) is 0 Å². The molecule has 2 N–H and O–H groups in total. The Balaban J connectivity index is 1.75. The van der Waals surface area contributed by atoms with Crippen molar-refractivity contribution in [2.75, 3.05) is 6.54 Å². The Morgan fingerprint density at radius 1 is 1.22 bits per heavy atom. The van der Waals surface area contributed by atoms with Gasteiger partial charge in [-0.3, -0.25) is 9.59 Å². The highest BCUT2D eigenvalue weighted by atomic mass is 19.1. The topological polar surface area (TPSA) is 58.2 Å². The van der Waals surface area contributed by atoms with Gasteiger partial charge in [-0.1, -0.05) is 19.8 Å². The van der Waals surface area contributed by atoms with E-state index in [1.165, 1.54) is 6.42 Å². The zero-order valence-corrected chi connectivity index (χ0v) is 13.2. The third-order valence-electron chi connectivity index (χ3n) is 4.27. The quantitative estimate of drug-likeness (QED) is 0.875. The number of nitrogens with one attached hydrogen (secondary N) is 2. The largest absolute Gasteiger partial charge is 0.353 e. The van der Waals surface area contributed by atoms with Crippen LogP contribution in [0, 0.1) is 17.6 Å². The summed E-state index contributed by atoms with van der Waals surface area (Å²) in [4.78, 5) is 23.7. The summed E-state index contributed by atoms with van der Waals surface area (Å²) < 4.78 is 26.3. The molecule has 126 valence electrons. The van der Waals surface area contributed by atoms with E-state index in [0.29, 0.717) is 12.0 Å². The SMILES string of the molecule is CC1CCCCC1NC(=O)CCNC(=O)c1ccc(F)cc1F. The highest BCUT2D eigenvalue weighted by Gasteiger charge is 2.22. The van der Waals surface area contributed by atoms with E-state index in [9.17, 15) is 18.4 Å². The smallest absolute Gasteiger partial charge is 0.254 e. The Kier molecular flexibility index (Phi) is 6.07. The molecule has 0 spiro atoms. The van der Waals surface area contributed by atoms with Crippen LogP contribution in [0.4, 0.5) is 8.78 Å². The van der Waals surface area contributed by atoms with E-state index in [0.717, 1.165) is 31.4 Å². The van der Waals surface area contributed by atoms with Crippen LogP contribution >= 0.6 is 0 Å². The first kappa shape index (κ1) is 17.4. The molecule has 1 aliphatic carbocycles. The summed E-state index contributed by atoms with van der Waals surface area (Å²) >= 11 is 0. The van der Waals surface area contributed by atoms with Gasteiger partial charge >= 0.3 is 0 Å². The molecule has 1 aromatic carbocycles. The average molecular weight is 324 g/mol. The molecule has 1 fully saturated rings.